The Morgan fingerprint density at radius 3 is 2.42 bits per heavy atom. The van der Waals surface area contributed by atoms with Gasteiger partial charge in [0.05, 0.1) is 10.0 Å². The van der Waals surface area contributed by atoms with Gasteiger partial charge in [0.25, 0.3) is 5.91 Å². The Hall–Kier alpha value is -2.53. The summed E-state index contributed by atoms with van der Waals surface area (Å²) < 4.78 is 6.92. The second-order valence-corrected chi connectivity index (χ2v) is 8.78. The fraction of sp³-hybridized carbons (Fsp3) is 0.0833. The van der Waals surface area contributed by atoms with Crippen LogP contribution in [0.2, 0.25) is 10.0 Å². The maximum absolute atomic E-state index is 12.5. The van der Waals surface area contributed by atoms with Crippen LogP contribution in [-0.2, 0) is 11.4 Å². The van der Waals surface area contributed by atoms with Gasteiger partial charge in [-0.2, -0.15) is 5.26 Å². The van der Waals surface area contributed by atoms with E-state index < -0.39 is 5.91 Å². The number of nitrogens with one attached hydrogen (secondary N) is 1. The zero-order valence-corrected chi connectivity index (χ0v) is 20.1. The summed E-state index contributed by atoms with van der Waals surface area (Å²) in [6, 6.07) is 20.4. The Morgan fingerprint density at radius 1 is 1.13 bits per heavy atom. The molecule has 0 radical (unpaired) electrons. The largest absolute Gasteiger partial charge is 0.486 e. The molecule has 0 fully saturated rings. The summed E-state index contributed by atoms with van der Waals surface area (Å²) in [5.74, 6) is -0.166. The van der Waals surface area contributed by atoms with E-state index in [0.717, 1.165) is 14.7 Å². The summed E-state index contributed by atoms with van der Waals surface area (Å²) in [6.45, 7) is 2.23. The number of carbonyl (C=O) groups is 1. The van der Waals surface area contributed by atoms with Crippen LogP contribution in [0, 0.1) is 21.8 Å². The van der Waals surface area contributed by atoms with Gasteiger partial charge in [-0.05, 0) is 88.7 Å². The van der Waals surface area contributed by atoms with Gasteiger partial charge in [-0.3, -0.25) is 4.79 Å². The first kappa shape index (κ1) is 23.1. The molecule has 1 N–H and O–H groups in total. The molecule has 0 saturated heterocycles. The summed E-state index contributed by atoms with van der Waals surface area (Å²) in [5.41, 5.74) is 3.05. The number of rotatable bonds is 6. The molecular formula is C24H17Cl2IN2O2. The first-order chi connectivity index (χ1) is 14.9. The number of aryl methyl sites for hydroxylation is 1. The van der Waals surface area contributed by atoms with Crippen LogP contribution >= 0.6 is 45.8 Å². The quantitative estimate of drug-likeness (QED) is 0.199. The van der Waals surface area contributed by atoms with Crippen molar-refractivity contribution in [1.82, 2.24) is 0 Å². The first-order valence-corrected chi connectivity index (χ1v) is 11.1. The number of carbonyl (C=O) groups excluding carboxylic acids is 1. The van der Waals surface area contributed by atoms with Crippen molar-refractivity contribution in [2.24, 2.45) is 0 Å². The molecule has 31 heavy (non-hydrogen) atoms. The first-order valence-electron chi connectivity index (χ1n) is 9.22. The predicted octanol–water partition coefficient (Wildman–Crippen LogP) is 7.03. The Bertz CT molecular complexity index is 1160. The average molecular weight is 563 g/mol. The van der Waals surface area contributed by atoms with Crippen molar-refractivity contribution in [3.8, 4) is 11.8 Å². The zero-order chi connectivity index (χ0) is 22.4. The van der Waals surface area contributed by atoms with E-state index in [1.54, 1.807) is 18.2 Å². The molecule has 0 atom stereocenters. The van der Waals surface area contributed by atoms with Crippen LogP contribution in [0.1, 0.15) is 16.7 Å². The molecule has 0 spiro atoms. The summed E-state index contributed by atoms with van der Waals surface area (Å²) in [5, 5.41) is 12.7. The molecule has 3 aromatic carbocycles. The summed E-state index contributed by atoms with van der Waals surface area (Å²) >= 11 is 14.9. The predicted molar refractivity (Wildman–Crippen MR) is 133 cm³/mol. The maximum atomic E-state index is 12.5. The van der Waals surface area contributed by atoms with E-state index in [9.17, 15) is 10.1 Å². The van der Waals surface area contributed by atoms with Crippen LogP contribution in [0.3, 0.4) is 0 Å². The van der Waals surface area contributed by atoms with Gasteiger partial charge in [-0.15, -0.1) is 0 Å². The normalized spacial score (nSPS) is 11.0. The highest BCUT2D eigenvalue weighted by molar-refractivity contribution is 14.1. The van der Waals surface area contributed by atoms with Gasteiger partial charge < -0.3 is 10.1 Å². The van der Waals surface area contributed by atoms with Crippen molar-refractivity contribution in [3.05, 3.63) is 96.5 Å². The lowest BCUT2D eigenvalue weighted by Crippen LogP contribution is -2.13. The summed E-state index contributed by atoms with van der Waals surface area (Å²) in [4.78, 5) is 12.5. The molecule has 7 heteroatoms. The van der Waals surface area contributed by atoms with E-state index in [1.807, 2.05) is 55.5 Å². The molecule has 0 saturated carbocycles. The van der Waals surface area contributed by atoms with Gasteiger partial charge >= 0.3 is 0 Å². The van der Waals surface area contributed by atoms with E-state index in [0.29, 0.717) is 33.7 Å². The highest BCUT2D eigenvalue weighted by atomic mass is 127. The van der Waals surface area contributed by atoms with E-state index >= 15 is 0 Å². The molecule has 3 aromatic rings. The number of hydrogen-bond acceptors (Lipinski definition) is 3. The lowest BCUT2D eigenvalue weighted by Gasteiger charge is -2.11. The van der Waals surface area contributed by atoms with Crippen molar-refractivity contribution in [3.63, 3.8) is 0 Å². The Kier molecular flexibility index (Phi) is 7.97. The lowest BCUT2D eigenvalue weighted by atomic mass is 10.1. The molecule has 156 valence electrons. The Balaban J connectivity index is 1.76. The number of hydrogen-bond donors (Lipinski definition) is 1. The fourth-order valence-electron chi connectivity index (χ4n) is 2.77. The number of nitrogens with zero attached hydrogens (tertiary/aromatic N) is 1. The summed E-state index contributed by atoms with van der Waals surface area (Å²) in [7, 11) is 0. The van der Waals surface area contributed by atoms with Crippen LogP contribution in [-0.4, -0.2) is 5.91 Å². The van der Waals surface area contributed by atoms with E-state index in [2.05, 4.69) is 27.9 Å². The second-order valence-electron chi connectivity index (χ2n) is 6.72. The third-order valence-electron chi connectivity index (χ3n) is 4.27. The standard InChI is InChI=1S/C24H17Cl2IN2O2/c1-15-3-2-4-20(9-15)29-24(30)18(13-28)10-17-11-21(25)23(22(26)12-17)31-14-16-5-7-19(27)8-6-16/h2-12H,14H2,1H3,(H,29,30)/b18-10-. The summed E-state index contributed by atoms with van der Waals surface area (Å²) in [6.07, 6.45) is 1.44. The van der Waals surface area contributed by atoms with Gasteiger partial charge in [0.1, 0.15) is 18.2 Å². The molecule has 0 aliphatic carbocycles. The minimum absolute atomic E-state index is 0.0683. The number of amides is 1. The third-order valence-corrected chi connectivity index (χ3v) is 5.55. The van der Waals surface area contributed by atoms with Gasteiger partial charge in [0, 0.05) is 9.26 Å². The van der Waals surface area contributed by atoms with Gasteiger partial charge in [-0.25, -0.2) is 0 Å². The Morgan fingerprint density at radius 2 is 1.81 bits per heavy atom. The fourth-order valence-corrected chi connectivity index (χ4v) is 3.75. The minimum Gasteiger partial charge on any atom is -0.486 e. The van der Waals surface area contributed by atoms with E-state index in [4.69, 9.17) is 27.9 Å². The van der Waals surface area contributed by atoms with Crippen molar-refractivity contribution in [1.29, 1.82) is 5.26 Å². The van der Waals surface area contributed by atoms with Gasteiger partial charge in [0.15, 0.2) is 5.75 Å². The van der Waals surface area contributed by atoms with Gasteiger partial charge in [0.2, 0.25) is 0 Å². The van der Waals surface area contributed by atoms with Crippen LogP contribution in [0.4, 0.5) is 5.69 Å². The van der Waals surface area contributed by atoms with Crippen LogP contribution < -0.4 is 10.1 Å². The number of ether oxygens (including phenoxy) is 1. The third kappa shape index (κ3) is 6.47. The molecule has 1 amide bonds. The minimum atomic E-state index is -0.514. The van der Waals surface area contributed by atoms with Crippen LogP contribution in [0.5, 0.6) is 5.75 Å². The second kappa shape index (κ2) is 10.7. The van der Waals surface area contributed by atoms with Crippen LogP contribution in [0.25, 0.3) is 6.08 Å². The molecule has 0 aliphatic rings. The van der Waals surface area contributed by atoms with E-state index in [1.165, 1.54) is 6.08 Å². The SMILES string of the molecule is Cc1cccc(NC(=O)/C(C#N)=C\c2cc(Cl)c(OCc3ccc(I)cc3)c(Cl)c2)c1. The van der Waals surface area contributed by atoms with Crippen molar-refractivity contribution in [2.75, 3.05) is 5.32 Å². The van der Waals surface area contributed by atoms with E-state index in [-0.39, 0.29) is 5.57 Å². The number of benzene rings is 3. The lowest BCUT2D eigenvalue weighted by molar-refractivity contribution is -0.112. The molecule has 0 unspecified atom stereocenters. The molecule has 3 rings (SSSR count). The number of halogens is 3. The number of nitriles is 1. The molecule has 0 aromatic heterocycles. The smallest absolute Gasteiger partial charge is 0.266 e. The molecule has 4 nitrogen and oxygen atoms in total. The van der Waals surface area contributed by atoms with Crippen molar-refractivity contribution >= 4 is 63.5 Å². The molecular weight excluding hydrogens is 546 g/mol. The molecule has 0 bridgehead atoms. The highest BCUT2D eigenvalue weighted by Gasteiger charge is 2.13. The van der Waals surface area contributed by atoms with Crippen LogP contribution in [0.15, 0.2) is 66.2 Å². The Labute approximate surface area is 204 Å². The topological polar surface area (TPSA) is 62.1 Å². The van der Waals surface area contributed by atoms with Gasteiger partial charge in [-0.1, -0.05) is 47.5 Å². The number of anilines is 1. The van der Waals surface area contributed by atoms with Crippen molar-refractivity contribution < 1.29 is 9.53 Å². The highest BCUT2D eigenvalue weighted by Crippen LogP contribution is 2.35. The average Bonchev–Trinajstić information content (AvgIpc) is 2.72. The monoisotopic (exact) mass is 562 g/mol. The zero-order valence-electron chi connectivity index (χ0n) is 16.5. The molecule has 0 aliphatic heterocycles. The van der Waals surface area contributed by atoms with Crippen molar-refractivity contribution in [2.45, 2.75) is 13.5 Å². The molecule has 0 heterocycles. The maximum Gasteiger partial charge on any atom is 0.266 e.